The fraction of sp³-hybridized carbons (Fsp3) is 0.250. The van der Waals surface area contributed by atoms with Gasteiger partial charge in [-0.05, 0) is 0 Å². The molecule has 0 saturated heterocycles. The molecule has 0 aliphatic carbocycles. The standard InChI is InChI=1S/C20H21NSe/c1-2-3-5-14-19-18-13-9-8-10-16(18)15-20(22-19)21-17-11-6-4-7-12-17/h4,6-14H,2-3,5,15H2,1H3/b19-14-,21-20?. The molecule has 2 aromatic rings. The summed E-state index contributed by atoms with van der Waals surface area (Å²) in [6.07, 6.45) is 7.15. The van der Waals surface area contributed by atoms with Crippen molar-refractivity contribution in [3.05, 3.63) is 71.8 Å². The first kappa shape index (κ1) is 15.3. The van der Waals surface area contributed by atoms with Gasteiger partial charge >= 0.3 is 139 Å². The maximum atomic E-state index is 4.90. The maximum absolute atomic E-state index is 4.90. The summed E-state index contributed by atoms with van der Waals surface area (Å²) < 4.78 is 2.85. The van der Waals surface area contributed by atoms with E-state index in [1.807, 2.05) is 6.07 Å². The molecule has 2 aromatic carbocycles. The minimum atomic E-state index is 0.345. The molecule has 0 unspecified atom stereocenters. The van der Waals surface area contributed by atoms with Crippen LogP contribution in [-0.2, 0) is 6.42 Å². The number of hydrogen-bond acceptors (Lipinski definition) is 1. The molecular formula is C20H21NSe. The van der Waals surface area contributed by atoms with Crippen LogP contribution in [-0.4, -0.2) is 19.6 Å². The molecule has 2 heteroatoms. The van der Waals surface area contributed by atoms with E-state index in [9.17, 15) is 0 Å². The summed E-state index contributed by atoms with van der Waals surface area (Å²) >= 11 is 0.345. The van der Waals surface area contributed by atoms with E-state index < -0.39 is 0 Å². The molecule has 1 nitrogen and oxygen atoms in total. The summed E-state index contributed by atoms with van der Waals surface area (Å²) in [7, 11) is 0. The Balaban J connectivity index is 1.91. The van der Waals surface area contributed by atoms with E-state index in [2.05, 4.69) is 61.5 Å². The van der Waals surface area contributed by atoms with E-state index in [4.69, 9.17) is 4.99 Å². The molecule has 112 valence electrons. The van der Waals surface area contributed by atoms with Crippen LogP contribution in [0.4, 0.5) is 5.69 Å². The third-order valence-corrected chi connectivity index (χ3v) is 6.01. The fourth-order valence-electron chi connectivity index (χ4n) is 2.59. The molecule has 0 N–H and O–H groups in total. The van der Waals surface area contributed by atoms with Gasteiger partial charge in [-0.15, -0.1) is 0 Å². The van der Waals surface area contributed by atoms with Crippen LogP contribution in [0.5, 0.6) is 0 Å². The molecule has 0 radical (unpaired) electrons. The summed E-state index contributed by atoms with van der Waals surface area (Å²) in [6.45, 7) is 2.25. The number of benzene rings is 2. The zero-order valence-electron chi connectivity index (χ0n) is 13.0. The Kier molecular flexibility index (Phi) is 5.26. The number of fused-ring (bicyclic) bond motifs is 1. The third-order valence-electron chi connectivity index (χ3n) is 3.75. The van der Waals surface area contributed by atoms with Crippen molar-refractivity contribution >= 4 is 29.7 Å². The van der Waals surface area contributed by atoms with Gasteiger partial charge in [0.15, 0.2) is 0 Å². The zero-order chi connectivity index (χ0) is 15.2. The molecule has 1 heterocycles. The van der Waals surface area contributed by atoms with Crippen LogP contribution in [0.2, 0.25) is 0 Å². The number of unbranched alkanes of at least 4 members (excludes halogenated alkanes) is 2. The minimum absolute atomic E-state index is 0.345. The molecular weight excluding hydrogens is 333 g/mol. The Labute approximate surface area is 139 Å². The molecule has 0 saturated carbocycles. The van der Waals surface area contributed by atoms with Gasteiger partial charge in [0.2, 0.25) is 0 Å². The van der Waals surface area contributed by atoms with Crippen LogP contribution >= 0.6 is 0 Å². The monoisotopic (exact) mass is 355 g/mol. The first-order valence-corrected chi connectivity index (χ1v) is 9.67. The second kappa shape index (κ2) is 7.58. The molecule has 0 aromatic heterocycles. The summed E-state index contributed by atoms with van der Waals surface area (Å²) in [5.41, 5.74) is 3.95. The SMILES string of the molecule is CCCC/C=C1\[Se]C(=Nc2ccccc2)Cc2ccccc21. The number of hydrogen-bond donors (Lipinski definition) is 0. The van der Waals surface area contributed by atoms with Crippen molar-refractivity contribution < 1.29 is 0 Å². The average Bonchev–Trinajstić information content (AvgIpc) is 2.56. The van der Waals surface area contributed by atoms with Crippen molar-refractivity contribution in [1.82, 2.24) is 0 Å². The van der Waals surface area contributed by atoms with Gasteiger partial charge in [-0.2, -0.15) is 0 Å². The molecule has 0 amide bonds. The zero-order valence-corrected chi connectivity index (χ0v) is 14.7. The Morgan fingerprint density at radius 3 is 2.64 bits per heavy atom. The third kappa shape index (κ3) is 3.76. The predicted molar refractivity (Wildman–Crippen MR) is 96.9 cm³/mol. The van der Waals surface area contributed by atoms with Crippen molar-refractivity contribution in [3.63, 3.8) is 0 Å². The average molecular weight is 354 g/mol. The fourth-order valence-corrected chi connectivity index (χ4v) is 4.99. The molecule has 3 rings (SSSR count). The van der Waals surface area contributed by atoms with Crippen molar-refractivity contribution in [1.29, 1.82) is 0 Å². The van der Waals surface area contributed by atoms with Gasteiger partial charge < -0.3 is 0 Å². The first-order valence-electron chi connectivity index (χ1n) is 7.95. The summed E-state index contributed by atoms with van der Waals surface area (Å²) in [4.78, 5) is 4.90. The van der Waals surface area contributed by atoms with Crippen molar-refractivity contribution in [2.45, 2.75) is 32.6 Å². The molecule has 0 bridgehead atoms. The number of allylic oxidation sites excluding steroid dienone is 1. The Morgan fingerprint density at radius 2 is 1.82 bits per heavy atom. The van der Waals surface area contributed by atoms with Crippen molar-refractivity contribution in [3.8, 4) is 0 Å². The van der Waals surface area contributed by atoms with Gasteiger partial charge in [0.05, 0.1) is 0 Å². The molecule has 0 atom stereocenters. The molecule has 0 spiro atoms. The van der Waals surface area contributed by atoms with E-state index >= 15 is 0 Å². The summed E-state index contributed by atoms with van der Waals surface area (Å²) in [6, 6.07) is 19.1. The van der Waals surface area contributed by atoms with Gasteiger partial charge in [0.25, 0.3) is 0 Å². The number of rotatable bonds is 4. The second-order valence-electron chi connectivity index (χ2n) is 5.49. The number of para-hydroxylation sites is 1. The van der Waals surface area contributed by atoms with Gasteiger partial charge in [-0.3, -0.25) is 0 Å². The van der Waals surface area contributed by atoms with Gasteiger partial charge in [-0.25, -0.2) is 0 Å². The van der Waals surface area contributed by atoms with Crippen LogP contribution in [0.25, 0.3) is 4.47 Å². The van der Waals surface area contributed by atoms with E-state index in [1.165, 1.54) is 39.5 Å². The van der Waals surface area contributed by atoms with E-state index in [1.54, 1.807) is 0 Å². The van der Waals surface area contributed by atoms with Gasteiger partial charge in [-0.1, -0.05) is 0 Å². The van der Waals surface area contributed by atoms with Crippen molar-refractivity contribution in [2.75, 3.05) is 0 Å². The Bertz CT molecular complexity index is 686. The topological polar surface area (TPSA) is 12.4 Å². The van der Waals surface area contributed by atoms with Crippen LogP contribution in [0.1, 0.15) is 37.3 Å². The van der Waals surface area contributed by atoms with E-state index in [0.29, 0.717) is 15.0 Å². The van der Waals surface area contributed by atoms with Crippen LogP contribution in [0.15, 0.2) is 65.7 Å². The summed E-state index contributed by atoms with van der Waals surface area (Å²) in [5, 5.41) is 0. The Hall–Kier alpha value is -1.63. The van der Waals surface area contributed by atoms with Gasteiger partial charge in [0.1, 0.15) is 0 Å². The van der Waals surface area contributed by atoms with Crippen LogP contribution in [0.3, 0.4) is 0 Å². The second-order valence-corrected chi connectivity index (χ2v) is 7.83. The number of aliphatic imine (C=N–C) groups is 1. The molecule has 0 fully saturated rings. The predicted octanol–water partition coefficient (Wildman–Crippen LogP) is 5.21. The molecule has 1 aliphatic heterocycles. The molecule has 1 aliphatic rings. The van der Waals surface area contributed by atoms with Crippen LogP contribution < -0.4 is 0 Å². The summed E-state index contributed by atoms with van der Waals surface area (Å²) in [5.74, 6) is 0. The Morgan fingerprint density at radius 1 is 1.05 bits per heavy atom. The van der Waals surface area contributed by atoms with E-state index in [0.717, 1.165) is 12.1 Å². The quantitative estimate of drug-likeness (QED) is 0.528. The van der Waals surface area contributed by atoms with Crippen LogP contribution in [0, 0.1) is 0 Å². The number of nitrogens with zero attached hydrogens (tertiary/aromatic N) is 1. The van der Waals surface area contributed by atoms with Crippen molar-refractivity contribution in [2.24, 2.45) is 4.99 Å². The van der Waals surface area contributed by atoms with E-state index in [-0.39, 0.29) is 0 Å². The normalized spacial score (nSPS) is 17.7. The van der Waals surface area contributed by atoms with Gasteiger partial charge in [0, 0.05) is 0 Å². The first-order chi connectivity index (χ1) is 10.9. The molecule has 22 heavy (non-hydrogen) atoms.